The fourth-order valence-electron chi connectivity index (χ4n) is 2.56. The number of nitrogens with one attached hydrogen (secondary N) is 1. The minimum absolute atomic E-state index is 0.316. The van der Waals surface area contributed by atoms with Gasteiger partial charge in [0, 0.05) is 16.2 Å². The minimum Gasteiger partial charge on any atom is -0.493 e. The number of imidazole rings is 1. The van der Waals surface area contributed by atoms with Crippen LogP contribution in [0.25, 0.3) is 5.65 Å². The van der Waals surface area contributed by atoms with Crippen LogP contribution >= 0.6 is 15.9 Å². The standard InChI is InChI=1S/C19H19BrN4O2/c1-3-10-26-16-8-7-15(20)11-14(16)12-21-23-19(25)18-13(2)22-17-6-4-5-9-24(17)18/h4-9,11-12H,3,10H2,1-2H3,(H,23,25)/b21-12-. The van der Waals surface area contributed by atoms with E-state index in [2.05, 4.69) is 31.4 Å². The number of benzene rings is 1. The van der Waals surface area contributed by atoms with Crippen LogP contribution in [0.5, 0.6) is 5.75 Å². The molecule has 0 spiro atoms. The lowest BCUT2D eigenvalue weighted by atomic mass is 10.2. The number of hydrogen-bond acceptors (Lipinski definition) is 4. The molecule has 0 aliphatic carbocycles. The van der Waals surface area contributed by atoms with E-state index in [1.807, 2.05) is 43.3 Å². The van der Waals surface area contributed by atoms with E-state index in [0.717, 1.165) is 27.9 Å². The molecule has 0 unspecified atom stereocenters. The van der Waals surface area contributed by atoms with E-state index >= 15 is 0 Å². The molecule has 0 bridgehead atoms. The second-order valence-electron chi connectivity index (χ2n) is 5.70. The normalized spacial score (nSPS) is 11.2. The molecule has 7 heteroatoms. The Morgan fingerprint density at radius 3 is 3.04 bits per heavy atom. The molecule has 2 heterocycles. The minimum atomic E-state index is -0.316. The average Bonchev–Trinajstić information content (AvgIpc) is 2.96. The van der Waals surface area contributed by atoms with Gasteiger partial charge in [0.2, 0.25) is 0 Å². The van der Waals surface area contributed by atoms with Crippen LogP contribution < -0.4 is 10.2 Å². The molecule has 0 atom stereocenters. The molecule has 1 N–H and O–H groups in total. The quantitative estimate of drug-likeness (QED) is 0.490. The lowest BCUT2D eigenvalue weighted by molar-refractivity contribution is 0.0948. The maximum atomic E-state index is 12.5. The number of carbonyl (C=O) groups is 1. The topological polar surface area (TPSA) is 68.0 Å². The van der Waals surface area contributed by atoms with Gasteiger partial charge in [-0.2, -0.15) is 5.10 Å². The highest BCUT2D eigenvalue weighted by atomic mass is 79.9. The number of fused-ring (bicyclic) bond motifs is 1. The zero-order valence-electron chi connectivity index (χ0n) is 14.6. The summed E-state index contributed by atoms with van der Waals surface area (Å²) in [7, 11) is 0. The summed E-state index contributed by atoms with van der Waals surface area (Å²) < 4.78 is 8.36. The summed E-state index contributed by atoms with van der Waals surface area (Å²) in [5.74, 6) is 0.405. The van der Waals surface area contributed by atoms with Gasteiger partial charge in [0.15, 0.2) is 0 Å². The number of rotatable bonds is 6. The summed E-state index contributed by atoms with van der Waals surface area (Å²) in [5, 5.41) is 4.09. The molecule has 0 fully saturated rings. The van der Waals surface area contributed by atoms with Crippen molar-refractivity contribution in [2.45, 2.75) is 20.3 Å². The van der Waals surface area contributed by atoms with Gasteiger partial charge in [-0.15, -0.1) is 0 Å². The SMILES string of the molecule is CCCOc1ccc(Br)cc1/C=N\NC(=O)c1c(C)nc2ccccn12. The molecule has 2 aromatic heterocycles. The number of ether oxygens (including phenoxy) is 1. The third-order valence-corrected chi connectivity index (χ3v) is 4.22. The summed E-state index contributed by atoms with van der Waals surface area (Å²) in [5.41, 5.74) is 5.19. The van der Waals surface area contributed by atoms with E-state index in [0.29, 0.717) is 18.0 Å². The summed E-state index contributed by atoms with van der Waals surface area (Å²) >= 11 is 3.44. The van der Waals surface area contributed by atoms with E-state index in [1.54, 1.807) is 23.7 Å². The molecular formula is C19H19BrN4O2. The molecule has 3 rings (SSSR count). The maximum Gasteiger partial charge on any atom is 0.290 e. The number of halogens is 1. The largest absolute Gasteiger partial charge is 0.493 e. The Bertz CT molecular complexity index is 965. The van der Waals surface area contributed by atoms with Gasteiger partial charge < -0.3 is 4.74 Å². The molecule has 3 aromatic rings. The van der Waals surface area contributed by atoms with Gasteiger partial charge in [-0.3, -0.25) is 9.20 Å². The van der Waals surface area contributed by atoms with Crippen LogP contribution in [0.4, 0.5) is 0 Å². The lowest BCUT2D eigenvalue weighted by Gasteiger charge is -2.08. The van der Waals surface area contributed by atoms with Crippen molar-refractivity contribution in [3.63, 3.8) is 0 Å². The van der Waals surface area contributed by atoms with Crippen molar-refractivity contribution in [2.24, 2.45) is 5.10 Å². The summed E-state index contributed by atoms with van der Waals surface area (Å²) in [6.07, 6.45) is 4.29. The number of carbonyl (C=O) groups excluding carboxylic acids is 1. The van der Waals surface area contributed by atoms with Gasteiger partial charge >= 0.3 is 0 Å². The van der Waals surface area contributed by atoms with Crippen molar-refractivity contribution in [1.82, 2.24) is 14.8 Å². The molecule has 0 saturated heterocycles. The van der Waals surface area contributed by atoms with Gasteiger partial charge in [-0.05, 0) is 43.7 Å². The number of pyridine rings is 1. The first-order valence-electron chi connectivity index (χ1n) is 8.29. The Morgan fingerprint density at radius 1 is 1.38 bits per heavy atom. The van der Waals surface area contributed by atoms with Crippen molar-refractivity contribution < 1.29 is 9.53 Å². The first-order valence-corrected chi connectivity index (χ1v) is 9.09. The first-order chi connectivity index (χ1) is 12.6. The molecular weight excluding hydrogens is 396 g/mol. The van der Waals surface area contributed by atoms with Crippen LogP contribution in [-0.4, -0.2) is 28.1 Å². The van der Waals surface area contributed by atoms with Crippen molar-refractivity contribution in [3.8, 4) is 5.75 Å². The van der Waals surface area contributed by atoms with Gasteiger partial charge in [0.1, 0.15) is 17.1 Å². The van der Waals surface area contributed by atoms with Crippen molar-refractivity contribution in [2.75, 3.05) is 6.61 Å². The molecule has 0 radical (unpaired) electrons. The number of hydrogen-bond donors (Lipinski definition) is 1. The Hall–Kier alpha value is -2.67. The molecule has 1 aromatic carbocycles. The molecule has 1 amide bonds. The zero-order chi connectivity index (χ0) is 18.5. The molecule has 0 saturated carbocycles. The molecule has 0 aliphatic heterocycles. The van der Waals surface area contributed by atoms with Crippen molar-refractivity contribution >= 4 is 33.7 Å². The monoisotopic (exact) mass is 414 g/mol. The molecule has 0 aliphatic rings. The Balaban J connectivity index is 1.79. The second kappa shape index (κ2) is 8.14. The van der Waals surface area contributed by atoms with Crippen LogP contribution in [0.15, 0.2) is 52.2 Å². The summed E-state index contributed by atoms with van der Waals surface area (Å²) in [6, 6.07) is 11.3. The molecule has 26 heavy (non-hydrogen) atoms. The highest BCUT2D eigenvalue weighted by Crippen LogP contribution is 2.22. The number of hydrazone groups is 1. The Labute approximate surface area is 160 Å². The molecule has 134 valence electrons. The van der Waals surface area contributed by atoms with Crippen LogP contribution in [0.1, 0.15) is 35.1 Å². The average molecular weight is 415 g/mol. The number of aryl methyl sites for hydroxylation is 1. The maximum absolute atomic E-state index is 12.5. The van der Waals surface area contributed by atoms with E-state index in [9.17, 15) is 4.79 Å². The van der Waals surface area contributed by atoms with Crippen molar-refractivity contribution in [3.05, 3.63) is 64.0 Å². The van der Waals surface area contributed by atoms with Crippen LogP contribution in [-0.2, 0) is 0 Å². The second-order valence-corrected chi connectivity index (χ2v) is 6.62. The van der Waals surface area contributed by atoms with E-state index < -0.39 is 0 Å². The first kappa shape index (κ1) is 18.1. The lowest BCUT2D eigenvalue weighted by Crippen LogP contribution is -2.20. The van der Waals surface area contributed by atoms with Crippen LogP contribution in [0, 0.1) is 6.92 Å². The molecule has 6 nitrogen and oxygen atoms in total. The number of amides is 1. The number of nitrogens with zero attached hydrogens (tertiary/aromatic N) is 3. The van der Waals surface area contributed by atoms with E-state index in [-0.39, 0.29) is 5.91 Å². The summed E-state index contributed by atoms with van der Waals surface area (Å²) in [6.45, 7) is 4.47. The van der Waals surface area contributed by atoms with Crippen LogP contribution in [0.3, 0.4) is 0 Å². The highest BCUT2D eigenvalue weighted by molar-refractivity contribution is 9.10. The Kier molecular flexibility index (Phi) is 5.68. The Morgan fingerprint density at radius 2 is 2.23 bits per heavy atom. The predicted molar refractivity (Wildman–Crippen MR) is 105 cm³/mol. The zero-order valence-corrected chi connectivity index (χ0v) is 16.2. The fourth-order valence-corrected chi connectivity index (χ4v) is 2.94. The van der Waals surface area contributed by atoms with E-state index in [1.165, 1.54) is 0 Å². The number of aromatic nitrogens is 2. The third-order valence-electron chi connectivity index (χ3n) is 3.72. The fraction of sp³-hybridized carbons (Fsp3) is 0.211. The van der Waals surface area contributed by atoms with E-state index in [4.69, 9.17) is 4.74 Å². The van der Waals surface area contributed by atoms with Crippen molar-refractivity contribution in [1.29, 1.82) is 0 Å². The smallest absolute Gasteiger partial charge is 0.290 e. The van der Waals surface area contributed by atoms with Gasteiger partial charge in [-0.25, -0.2) is 10.4 Å². The predicted octanol–water partition coefficient (Wildman–Crippen LogP) is 3.96. The van der Waals surface area contributed by atoms with Gasteiger partial charge in [-0.1, -0.05) is 28.9 Å². The third kappa shape index (κ3) is 3.94. The summed E-state index contributed by atoms with van der Waals surface area (Å²) in [4.78, 5) is 16.9. The highest BCUT2D eigenvalue weighted by Gasteiger charge is 2.15. The van der Waals surface area contributed by atoms with Crippen LogP contribution in [0.2, 0.25) is 0 Å². The van der Waals surface area contributed by atoms with Gasteiger partial charge in [0.05, 0.1) is 18.5 Å². The van der Waals surface area contributed by atoms with Gasteiger partial charge in [0.25, 0.3) is 5.91 Å².